The van der Waals surface area contributed by atoms with Crippen LogP contribution in [0.2, 0.25) is 18.1 Å². The molecule has 2 rings (SSSR count). The standard InChI is InChI=1S/C26H44N4O6Si/c1-25(2,3)35-24(33)28-14-13-27-23-29-15-19(16-30-23)18-9-11-20(12-10-18)34-17-21(22(31)32)36-37(7,8)26(4,5)6/h9-12,19,21H,13-17H2,1-8H3,(H,28,33)(H,31,32)(H2,27,29,30). The van der Waals surface area contributed by atoms with Crippen LogP contribution < -0.4 is 20.7 Å². The Morgan fingerprint density at radius 2 is 1.78 bits per heavy atom. The third kappa shape index (κ3) is 10.2. The van der Waals surface area contributed by atoms with Gasteiger partial charge < -0.3 is 35.0 Å². The van der Waals surface area contributed by atoms with Crippen LogP contribution in [-0.2, 0) is 14.0 Å². The van der Waals surface area contributed by atoms with Gasteiger partial charge in [0.25, 0.3) is 0 Å². The summed E-state index contributed by atoms with van der Waals surface area (Å²) >= 11 is 0. The number of carbonyl (C=O) groups is 2. The normalized spacial score (nSPS) is 17.2. The molecular weight excluding hydrogens is 492 g/mol. The number of aliphatic carboxylic acids is 1. The first-order chi connectivity index (χ1) is 17.1. The molecule has 1 heterocycles. The zero-order valence-corrected chi connectivity index (χ0v) is 24.4. The van der Waals surface area contributed by atoms with E-state index in [1.807, 2.05) is 58.1 Å². The van der Waals surface area contributed by atoms with E-state index in [0.29, 0.717) is 37.9 Å². The predicted molar refractivity (Wildman–Crippen MR) is 147 cm³/mol. The molecule has 0 saturated carbocycles. The Hall–Kier alpha value is -2.79. The van der Waals surface area contributed by atoms with E-state index >= 15 is 0 Å². The Labute approximate surface area is 221 Å². The Balaban J connectivity index is 1.80. The van der Waals surface area contributed by atoms with Crippen molar-refractivity contribution >= 4 is 26.3 Å². The number of guanidine groups is 1. The van der Waals surface area contributed by atoms with Crippen molar-refractivity contribution < 1.29 is 28.6 Å². The van der Waals surface area contributed by atoms with Gasteiger partial charge in [0.1, 0.15) is 18.0 Å². The number of rotatable bonds is 10. The molecule has 11 heteroatoms. The van der Waals surface area contributed by atoms with Crippen LogP contribution in [0.5, 0.6) is 5.75 Å². The molecule has 2 atom stereocenters. The minimum Gasteiger partial charge on any atom is -0.490 e. The fourth-order valence-electron chi connectivity index (χ4n) is 3.24. The molecular formula is C26H44N4O6Si. The number of carboxylic acid groups (broad SMARTS) is 1. The second-order valence-electron chi connectivity index (χ2n) is 11.7. The number of aliphatic imine (C=N–C) groups is 1. The third-order valence-corrected chi connectivity index (χ3v) is 10.8. The molecule has 0 saturated heterocycles. The summed E-state index contributed by atoms with van der Waals surface area (Å²) in [5, 5.41) is 18.7. The van der Waals surface area contributed by atoms with Crippen molar-refractivity contribution in [2.24, 2.45) is 4.99 Å². The van der Waals surface area contributed by atoms with Crippen LogP contribution in [0.15, 0.2) is 29.3 Å². The number of alkyl carbamates (subject to hydrolysis) is 1. The van der Waals surface area contributed by atoms with E-state index in [1.54, 1.807) is 0 Å². The summed E-state index contributed by atoms with van der Waals surface area (Å²) in [4.78, 5) is 28.0. The lowest BCUT2D eigenvalue weighted by Crippen LogP contribution is -2.47. The van der Waals surface area contributed by atoms with Crippen LogP contribution in [-0.4, -0.2) is 75.9 Å². The predicted octanol–water partition coefficient (Wildman–Crippen LogP) is 3.70. The Morgan fingerprint density at radius 1 is 1.14 bits per heavy atom. The minimum atomic E-state index is -2.24. The number of amides is 1. The molecule has 4 N–H and O–H groups in total. The zero-order chi connectivity index (χ0) is 27.9. The van der Waals surface area contributed by atoms with Gasteiger partial charge >= 0.3 is 12.1 Å². The van der Waals surface area contributed by atoms with Crippen molar-refractivity contribution in [3.8, 4) is 5.75 Å². The molecule has 0 aromatic heterocycles. The number of carbonyl (C=O) groups excluding carboxylic acids is 1. The van der Waals surface area contributed by atoms with Gasteiger partial charge in [-0.05, 0) is 56.6 Å². The van der Waals surface area contributed by atoms with Gasteiger partial charge in [-0.15, -0.1) is 0 Å². The van der Waals surface area contributed by atoms with E-state index in [4.69, 9.17) is 13.9 Å². The smallest absolute Gasteiger partial charge is 0.407 e. The SMILES string of the molecule is CC(C)(C)OC(=O)NCCNC1=NCC(c2ccc(OCC(O[Si](C)(C)C(C)(C)C)C(=O)O)cc2)CN1. The molecule has 0 radical (unpaired) electrons. The highest BCUT2D eigenvalue weighted by molar-refractivity contribution is 6.74. The first-order valence-electron chi connectivity index (χ1n) is 12.7. The van der Waals surface area contributed by atoms with E-state index in [2.05, 4.69) is 41.7 Å². The molecule has 1 aromatic carbocycles. The number of nitrogens with one attached hydrogen (secondary N) is 3. The van der Waals surface area contributed by atoms with Crippen LogP contribution >= 0.6 is 0 Å². The largest absolute Gasteiger partial charge is 0.490 e. The first kappa shape index (κ1) is 30.4. The topological polar surface area (TPSA) is 131 Å². The molecule has 1 aromatic rings. The molecule has 2 unspecified atom stereocenters. The average Bonchev–Trinajstić information content (AvgIpc) is 2.78. The second kappa shape index (κ2) is 12.6. The van der Waals surface area contributed by atoms with Gasteiger partial charge in [-0.3, -0.25) is 4.99 Å². The van der Waals surface area contributed by atoms with Crippen molar-refractivity contribution in [2.75, 3.05) is 32.8 Å². The van der Waals surface area contributed by atoms with Crippen molar-refractivity contribution in [1.82, 2.24) is 16.0 Å². The monoisotopic (exact) mass is 536 g/mol. The number of hydrogen-bond acceptors (Lipinski definition) is 8. The summed E-state index contributed by atoms with van der Waals surface area (Å²) in [6.07, 6.45) is -1.45. The van der Waals surface area contributed by atoms with Crippen molar-refractivity contribution in [3.05, 3.63) is 29.8 Å². The first-order valence-corrected chi connectivity index (χ1v) is 15.6. The van der Waals surface area contributed by atoms with Gasteiger partial charge in [-0.1, -0.05) is 32.9 Å². The lowest BCUT2D eigenvalue weighted by atomic mass is 9.98. The highest BCUT2D eigenvalue weighted by Crippen LogP contribution is 2.37. The maximum atomic E-state index is 11.7. The zero-order valence-electron chi connectivity index (χ0n) is 23.4. The van der Waals surface area contributed by atoms with Gasteiger partial charge in [-0.2, -0.15) is 0 Å². The molecule has 208 valence electrons. The quantitative estimate of drug-likeness (QED) is 0.263. The van der Waals surface area contributed by atoms with Crippen LogP contribution in [0.4, 0.5) is 4.79 Å². The van der Waals surface area contributed by atoms with E-state index in [1.165, 1.54) is 0 Å². The summed E-state index contributed by atoms with van der Waals surface area (Å²) in [5.41, 5.74) is 0.591. The fraction of sp³-hybridized carbons (Fsp3) is 0.654. The van der Waals surface area contributed by atoms with E-state index in [-0.39, 0.29) is 17.6 Å². The average molecular weight is 537 g/mol. The number of nitrogens with zero attached hydrogens (tertiary/aromatic N) is 1. The maximum Gasteiger partial charge on any atom is 0.407 e. The molecule has 10 nitrogen and oxygen atoms in total. The Bertz CT molecular complexity index is 938. The molecule has 37 heavy (non-hydrogen) atoms. The van der Waals surface area contributed by atoms with Gasteiger partial charge in [0.2, 0.25) is 0 Å². The lowest BCUT2D eigenvalue weighted by Gasteiger charge is -2.38. The summed E-state index contributed by atoms with van der Waals surface area (Å²) in [6.45, 7) is 18.0. The van der Waals surface area contributed by atoms with Crippen LogP contribution in [0, 0.1) is 0 Å². The van der Waals surface area contributed by atoms with Crippen molar-refractivity contribution in [3.63, 3.8) is 0 Å². The van der Waals surface area contributed by atoms with Crippen LogP contribution in [0.3, 0.4) is 0 Å². The molecule has 0 aliphatic carbocycles. The minimum absolute atomic E-state index is 0.0473. The fourth-order valence-corrected chi connectivity index (χ4v) is 4.47. The number of hydrogen-bond donors (Lipinski definition) is 4. The number of benzene rings is 1. The Morgan fingerprint density at radius 3 is 2.30 bits per heavy atom. The highest BCUT2D eigenvalue weighted by atomic mass is 28.4. The summed E-state index contributed by atoms with van der Waals surface area (Å²) in [6, 6.07) is 7.65. The molecule has 1 amide bonds. The van der Waals surface area contributed by atoms with Crippen molar-refractivity contribution in [2.45, 2.75) is 77.3 Å². The van der Waals surface area contributed by atoms with E-state index in [0.717, 1.165) is 5.56 Å². The van der Waals surface area contributed by atoms with Gasteiger partial charge in [0.05, 0.1) is 6.54 Å². The van der Waals surface area contributed by atoms with E-state index in [9.17, 15) is 14.7 Å². The summed E-state index contributed by atoms with van der Waals surface area (Å²) < 4.78 is 17.0. The third-order valence-electron chi connectivity index (χ3n) is 6.34. The van der Waals surface area contributed by atoms with Crippen molar-refractivity contribution in [1.29, 1.82) is 0 Å². The molecule has 0 spiro atoms. The second-order valence-corrected chi connectivity index (χ2v) is 16.5. The van der Waals surface area contributed by atoms with Crippen LogP contribution in [0.25, 0.3) is 0 Å². The Kier molecular flexibility index (Phi) is 10.4. The summed E-state index contributed by atoms with van der Waals surface area (Å²) in [7, 11) is -2.24. The van der Waals surface area contributed by atoms with E-state index < -0.39 is 32.1 Å². The van der Waals surface area contributed by atoms with Gasteiger partial charge in [-0.25, -0.2) is 9.59 Å². The molecule has 0 fully saturated rings. The molecule has 1 aliphatic heterocycles. The van der Waals surface area contributed by atoms with Gasteiger partial charge in [0, 0.05) is 25.6 Å². The maximum absolute atomic E-state index is 11.7. The van der Waals surface area contributed by atoms with Gasteiger partial charge in [0.15, 0.2) is 20.4 Å². The number of carboxylic acids is 1. The molecule has 0 bridgehead atoms. The highest BCUT2D eigenvalue weighted by Gasteiger charge is 2.41. The number of ether oxygens (including phenoxy) is 2. The van der Waals surface area contributed by atoms with Crippen LogP contribution in [0.1, 0.15) is 53.0 Å². The molecule has 1 aliphatic rings. The lowest BCUT2D eigenvalue weighted by molar-refractivity contribution is -0.147. The summed E-state index contributed by atoms with van der Waals surface area (Å²) in [5.74, 6) is 0.482.